The molecule has 1 aromatic carbocycles. The number of nitrogen functional groups attached to an aromatic ring is 1. The molecule has 0 saturated carbocycles. The fourth-order valence-corrected chi connectivity index (χ4v) is 3.17. The number of hydrogen-bond donors (Lipinski definition) is 1. The zero-order valence-corrected chi connectivity index (χ0v) is 13.4. The molecule has 0 bridgehead atoms. The molecule has 0 aliphatic heterocycles. The first kappa shape index (κ1) is 16.4. The molecule has 19 heavy (non-hydrogen) atoms. The van der Waals surface area contributed by atoms with Crippen molar-refractivity contribution in [3.05, 3.63) is 22.4 Å². The summed E-state index contributed by atoms with van der Waals surface area (Å²) in [4.78, 5) is 1.78. The van der Waals surface area contributed by atoms with E-state index >= 15 is 0 Å². The number of halogens is 2. The molecular weight excluding hydrogens is 337 g/mol. The van der Waals surface area contributed by atoms with E-state index in [4.69, 9.17) is 5.73 Å². The summed E-state index contributed by atoms with van der Waals surface area (Å²) in [5.41, 5.74) is 5.49. The Kier molecular flexibility index (Phi) is 5.31. The van der Waals surface area contributed by atoms with Gasteiger partial charge in [-0.25, -0.2) is 12.8 Å². The third-order valence-electron chi connectivity index (χ3n) is 2.60. The molecule has 0 aliphatic carbocycles. The molecule has 5 nitrogen and oxygen atoms in total. The van der Waals surface area contributed by atoms with E-state index in [1.165, 1.54) is 17.4 Å². The van der Waals surface area contributed by atoms with Crippen LogP contribution in [0, 0.1) is 5.82 Å². The predicted octanol–water partition coefficient (Wildman–Crippen LogP) is 1.35. The summed E-state index contributed by atoms with van der Waals surface area (Å²) in [5, 5.41) is 0. The molecule has 1 rings (SSSR count). The van der Waals surface area contributed by atoms with E-state index in [0.717, 1.165) is 6.07 Å². The second-order valence-electron chi connectivity index (χ2n) is 4.43. The van der Waals surface area contributed by atoms with Crippen LogP contribution in [0.4, 0.5) is 10.1 Å². The SMILES string of the molecule is CN(C)CCN(C)S(=O)(=O)c1cc(Br)c(F)cc1N. The Bertz CT molecular complexity index is 563. The minimum absolute atomic E-state index is 0.0706. The number of anilines is 1. The van der Waals surface area contributed by atoms with Crippen LogP contribution in [0.3, 0.4) is 0 Å². The van der Waals surface area contributed by atoms with Crippen LogP contribution in [0.15, 0.2) is 21.5 Å². The Hall–Kier alpha value is -0.700. The maximum atomic E-state index is 13.3. The second kappa shape index (κ2) is 6.17. The molecular formula is C11H17BrFN3O2S. The van der Waals surface area contributed by atoms with Crippen molar-refractivity contribution in [2.75, 3.05) is 40.0 Å². The van der Waals surface area contributed by atoms with Crippen molar-refractivity contribution in [2.45, 2.75) is 4.90 Å². The lowest BCUT2D eigenvalue weighted by atomic mass is 10.3. The van der Waals surface area contributed by atoms with Crippen LogP contribution in [0.2, 0.25) is 0 Å². The number of sulfonamides is 1. The highest BCUT2D eigenvalue weighted by Gasteiger charge is 2.24. The number of hydrogen-bond acceptors (Lipinski definition) is 4. The van der Waals surface area contributed by atoms with Gasteiger partial charge in [-0.1, -0.05) is 0 Å². The van der Waals surface area contributed by atoms with E-state index in [-0.39, 0.29) is 15.1 Å². The highest BCUT2D eigenvalue weighted by Crippen LogP contribution is 2.27. The van der Waals surface area contributed by atoms with E-state index in [0.29, 0.717) is 13.1 Å². The first-order valence-corrected chi connectivity index (χ1v) is 7.75. The molecule has 0 fully saturated rings. The lowest BCUT2D eigenvalue weighted by Gasteiger charge is -2.20. The molecule has 0 heterocycles. The second-order valence-corrected chi connectivity index (χ2v) is 7.30. The summed E-state index contributed by atoms with van der Waals surface area (Å²) in [6, 6.07) is 2.18. The minimum Gasteiger partial charge on any atom is -0.398 e. The maximum Gasteiger partial charge on any atom is 0.244 e. The molecule has 2 N–H and O–H groups in total. The Morgan fingerprint density at radius 3 is 2.37 bits per heavy atom. The summed E-state index contributed by atoms with van der Waals surface area (Å²) in [6.07, 6.45) is 0. The zero-order chi connectivity index (χ0) is 14.8. The van der Waals surface area contributed by atoms with E-state index in [1.54, 1.807) is 0 Å². The van der Waals surface area contributed by atoms with E-state index in [1.807, 2.05) is 19.0 Å². The minimum atomic E-state index is -3.72. The molecule has 0 amide bonds. The van der Waals surface area contributed by atoms with Gasteiger partial charge in [0.1, 0.15) is 10.7 Å². The smallest absolute Gasteiger partial charge is 0.244 e. The van der Waals surface area contributed by atoms with Crippen LogP contribution in [0.1, 0.15) is 0 Å². The lowest BCUT2D eigenvalue weighted by Crippen LogP contribution is -2.33. The highest BCUT2D eigenvalue weighted by molar-refractivity contribution is 9.10. The van der Waals surface area contributed by atoms with E-state index < -0.39 is 15.8 Å². The third kappa shape index (κ3) is 3.88. The number of likely N-dealkylation sites (N-methyl/N-ethyl adjacent to an activating group) is 2. The molecule has 0 saturated heterocycles. The van der Waals surface area contributed by atoms with Crippen LogP contribution in [-0.4, -0.2) is 51.9 Å². The molecule has 0 aromatic heterocycles. The van der Waals surface area contributed by atoms with Crippen molar-refractivity contribution >= 4 is 31.6 Å². The molecule has 0 aliphatic rings. The van der Waals surface area contributed by atoms with E-state index in [9.17, 15) is 12.8 Å². The largest absolute Gasteiger partial charge is 0.398 e. The van der Waals surface area contributed by atoms with Crippen LogP contribution in [0.25, 0.3) is 0 Å². The molecule has 8 heteroatoms. The molecule has 0 unspecified atom stereocenters. The van der Waals surface area contributed by atoms with Gasteiger partial charge in [-0.2, -0.15) is 4.31 Å². The van der Waals surface area contributed by atoms with Crippen molar-refractivity contribution < 1.29 is 12.8 Å². The molecule has 0 radical (unpaired) electrons. The Labute approximate surface area is 121 Å². The maximum absolute atomic E-state index is 13.3. The zero-order valence-electron chi connectivity index (χ0n) is 11.0. The van der Waals surface area contributed by atoms with Crippen LogP contribution < -0.4 is 5.73 Å². The van der Waals surface area contributed by atoms with Gasteiger partial charge < -0.3 is 10.6 Å². The normalized spacial score (nSPS) is 12.4. The summed E-state index contributed by atoms with van der Waals surface area (Å²) >= 11 is 2.96. The fraction of sp³-hybridized carbons (Fsp3) is 0.455. The van der Waals surface area contributed by atoms with Crippen molar-refractivity contribution in [3.63, 3.8) is 0 Å². The summed E-state index contributed by atoms with van der Waals surface area (Å²) in [7, 11) is 1.45. The van der Waals surface area contributed by atoms with Gasteiger partial charge in [0.2, 0.25) is 10.0 Å². The van der Waals surface area contributed by atoms with Crippen LogP contribution in [-0.2, 0) is 10.0 Å². The van der Waals surface area contributed by atoms with Gasteiger partial charge >= 0.3 is 0 Å². The number of benzene rings is 1. The van der Waals surface area contributed by atoms with Crippen molar-refractivity contribution in [1.82, 2.24) is 9.21 Å². The van der Waals surface area contributed by atoms with Crippen LogP contribution in [0.5, 0.6) is 0 Å². The van der Waals surface area contributed by atoms with Gasteiger partial charge in [0.25, 0.3) is 0 Å². The number of nitrogens with two attached hydrogens (primary N) is 1. The standard InChI is InChI=1S/C11H17BrFN3O2S/c1-15(2)4-5-16(3)19(17,18)11-6-8(12)9(13)7-10(11)14/h6-7H,4-5,14H2,1-3H3. The number of nitrogens with zero attached hydrogens (tertiary/aromatic N) is 2. The average molecular weight is 354 g/mol. The van der Waals surface area contributed by atoms with Gasteiger partial charge in [0.15, 0.2) is 0 Å². The summed E-state index contributed by atoms with van der Waals surface area (Å²) in [5.74, 6) is -0.590. The van der Waals surface area contributed by atoms with Gasteiger partial charge in [-0.05, 0) is 42.2 Å². The van der Waals surface area contributed by atoms with Crippen LogP contribution >= 0.6 is 15.9 Å². The predicted molar refractivity (Wildman–Crippen MR) is 76.9 cm³/mol. The summed E-state index contributed by atoms with van der Waals surface area (Å²) < 4.78 is 39.2. The lowest BCUT2D eigenvalue weighted by molar-refractivity contribution is 0.358. The van der Waals surface area contributed by atoms with Crippen molar-refractivity contribution in [3.8, 4) is 0 Å². The quantitative estimate of drug-likeness (QED) is 0.811. The summed E-state index contributed by atoms with van der Waals surface area (Å²) in [6.45, 7) is 0.905. The monoisotopic (exact) mass is 353 g/mol. The molecule has 1 aromatic rings. The number of rotatable bonds is 5. The van der Waals surface area contributed by atoms with Gasteiger partial charge in [0, 0.05) is 20.1 Å². The topological polar surface area (TPSA) is 66.6 Å². The average Bonchev–Trinajstić information content (AvgIpc) is 2.30. The van der Waals surface area contributed by atoms with E-state index in [2.05, 4.69) is 15.9 Å². The van der Waals surface area contributed by atoms with Gasteiger partial charge in [-0.15, -0.1) is 0 Å². The fourth-order valence-electron chi connectivity index (χ4n) is 1.40. The first-order valence-electron chi connectivity index (χ1n) is 5.52. The molecule has 0 atom stereocenters. The van der Waals surface area contributed by atoms with Gasteiger partial charge in [-0.3, -0.25) is 0 Å². The Morgan fingerprint density at radius 2 is 1.84 bits per heavy atom. The Balaban J connectivity index is 3.10. The van der Waals surface area contributed by atoms with Crippen molar-refractivity contribution in [2.24, 2.45) is 0 Å². The molecule has 108 valence electrons. The molecule has 0 spiro atoms. The van der Waals surface area contributed by atoms with Crippen molar-refractivity contribution in [1.29, 1.82) is 0 Å². The first-order chi connectivity index (χ1) is 8.66. The highest BCUT2D eigenvalue weighted by atomic mass is 79.9. The Morgan fingerprint density at radius 1 is 1.26 bits per heavy atom. The third-order valence-corrected chi connectivity index (χ3v) is 5.12. The van der Waals surface area contributed by atoms with Gasteiger partial charge in [0.05, 0.1) is 10.2 Å².